The van der Waals surface area contributed by atoms with E-state index in [4.69, 9.17) is 12.2 Å². The molecule has 1 fully saturated rings. The normalized spacial score (nSPS) is 16.2. The lowest BCUT2D eigenvalue weighted by Crippen LogP contribution is -2.27. The molecule has 1 aliphatic heterocycles. The van der Waals surface area contributed by atoms with E-state index in [0.29, 0.717) is 27.2 Å². The van der Waals surface area contributed by atoms with E-state index in [-0.39, 0.29) is 23.6 Å². The lowest BCUT2D eigenvalue weighted by molar-refractivity contribution is -0.121. The second-order valence-corrected chi connectivity index (χ2v) is 8.97. The number of fused-ring (bicyclic) bond motifs is 1. The summed E-state index contributed by atoms with van der Waals surface area (Å²) < 4.78 is 1.92. The van der Waals surface area contributed by atoms with Crippen LogP contribution in [0, 0.1) is 6.92 Å². The average molecular weight is 467 g/mol. The lowest BCUT2D eigenvalue weighted by atomic mass is 10.1. The van der Waals surface area contributed by atoms with Crippen molar-refractivity contribution in [1.29, 1.82) is 0 Å². The first kappa shape index (κ1) is 22.2. The first-order valence-corrected chi connectivity index (χ1v) is 11.4. The van der Waals surface area contributed by atoms with Crippen molar-refractivity contribution in [2.24, 2.45) is 0 Å². The van der Waals surface area contributed by atoms with Crippen LogP contribution in [0.2, 0.25) is 0 Å². The first-order chi connectivity index (χ1) is 15.4. The van der Waals surface area contributed by atoms with E-state index >= 15 is 0 Å². The van der Waals surface area contributed by atoms with Gasteiger partial charge in [-0.05, 0) is 37.1 Å². The standard InChI is InChI=1S/C23H22N4O3S2/c1-3-26-22(30)18(32-23(26)31)12-16-19(24-13-17(28)15-9-5-4-6-10-15)25-20-14(2)8-7-11-27(20)21(16)29/h4-12,17,24,28H,3,13H2,1-2H3/b18-12-/t17-/m0/s1. The van der Waals surface area contributed by atoms with E-state index in [2.05, 4.69) is 10.3 Å². The molecule has 2 N–H and O–H groups in total. The number of carbonyl (C=O) groups is 1. The summed E-state index contributed by atoms with van der Waals surface area (Å²) in [5.74, 6) is 0.0764. The molecule has 1 aliphatic rings. The molecule has 7 nitrogen and oxygen atoms in total. The predicted octanol–water partition coefficient (Wildman–Crippen LogP) is 3.37. The van der Waals surface area contributed by atoms with Gasteiger partial charge in [-0.1, -0.05) is 60.4 Å². The van der Waals surface area contributed by atoms with E-state index in [1.54, 1.807) is 12.3 Å². The number of thiocarbonyl (C=S) groups is 1. The zero-order valence-corrected chi connectivity index (χ0v) is 19.2. The van der Waals surface area contributed by atoms with E-state index in [0.717, 1.165) is 22.9 Å². The number of aliphatic hydroxyl groups excluding tert-OH is 1. The minimum absolute atomic E-state index is 0.148. The first-order valence-electron chi connectivity index (χ1n) is 10.1. The molecule has 2 aromatic heterocycles. The summed E-state index contributed by atoms with van der Waals surface area (Å²) in [6.45, 7) is 4.33. The number of aromatic nitrogens is 2. The largest absolute Gasteiger partial charge is 0.387 e. The van der Waals surface area contributed by atoms with Crippen molar-refractivity contribution in [3.63, 3.8) is 0 Å². The molecule has 0 spiro atoms. The maximum Gasteiger partial charge on any atom is 0.267 e. The van der Waals surface area contributed by atoms with Gasteiger partial charge in [0.1, 0.15) is 15.8 Å². The molecule has 9 heteroatoms. The van der Waals surface area contributed by atoms with Crippen LogP contribution in [0.15, 0.2) is 58.4 Å². The Labute approximate surface area is 194 Å². The molecule has 0 unspecified atom stereocenters. The van der Waals surface area contributed by atoms with Gasteiger partial charge in [0.2, 0.25) is 0 Å². The second kappa shape index (κ2) is 9.23. The summed E-state index contributed by atoms with van der Waals surface area (Å²) in [4.78, 5) is 32.6. The number of aryl methyl sites for hydroxylation is 1. The number of nitrogens with zero attached hydrogens (tertiary/aromatic N) is 3. The molecule has 3 aromatic rings. The SMILES string of the molecule is CCN1C(=O)/C(=C/c2c(NC[C@H](O)c3ccccc3)nc3c(C)cccn3c2=O)SC1=S. The third-order valence-corrected chi connectivity index (χ3v) is 6.57. The van der Waals surface area contributed by atoms with E-state index in [9.17, 15) is 14.7 Å². The number of likely N-dealkylation sites (N-methyl/N-ethyl adjacent to an activating group) is 1. The third kappa shape index (κ3) is 4.19. The minimum atomic E-state index is -0.792. The molecule has 0 aliphatic carbocycles. The number of hydrogen-bond donors (Lipinski definition) is 2. The van der Waals surface area contributed by atoms with Crippen LogP contribution in [-0.2, 0) is 4.79 Å². The number of aliphatic hydroxyl groups is 1. The topological polar surface area (TPSA) is 86.9 Å². The quantitative estimate of drug-likeness (QED) is 0.425. The molecule has 0 saturated carbocycles. The van der Waals surface area contributed by atoms with Crippen LogP contribution in [0.25, 0.3) is 11.7 Å². The van der Waals surface area contributed by atoms with Gasteiger partial charge in [0, 0.05) is 19.3 Å². The van der Waals surface area contributed by atoms with Crippen molar-refractivity contribution >= 4 is 51.7 Å². The van der Waals surface area contributed by atoms with Crippen LogP contribution < -0.4 is 10.9 Å². The number of rotatable bonds is 6. The maximum absolute atomic E-state index is 13.4. The van der Waals surface area contributed by atoms with Gasteiger partial charge in [-0.2, -0.15) is 0 Å². The zero-order valence-electron chi connectivity index (χ0n) is 17.6. The molecule has 1 aromatic carbocycles. The summed E-state index contributed by atoms with van der Waals surface area (Å²) in [6.07, 6.45) is 2.39. The highest BCUT2D eigenvalue weighted by atomic mass is 32.2. The third-order valence-electron chi connectivity index (χ3n) is 5.20. The Morgan fingerprint density at radius 3 is 2.66 bits per heavy atom. The number of anilines is 1. The molecular formula is C23H22N4O3S2. The fourth-order valence-corrected chi connectivity index (χ4v) is 4.83. The molecule has 164 valence electrons. The number of thioether (sulfide) groups is 1. The Hall–Kier alpha value is -3.01. The second-order valence-electron chi connectivity index (χ2n) is 7.30. The fourth-order valence-electron chi connectivity index (χ4n) is 3.47. The Bertz CT molecular complexity index is 1290. The Balaban J connectivity index is 1.78. The average Bonchev–Trinajstić information content (AvgIpc) is 3.07. The highest BCUT2D eigenvalue weighted by molar-refractivity contribution is 8.26. The number of hydrogen-bond acceptors (Lipinski definition) is 7. The van der Waals surface area contributed by atoms with Crippen molar-refractivity contribution in [2.45, 2.75) is 20.0 Å². The van der Waals surface area contributed by atoms with E-state index in [1.807, 2.05) is 50.2 Å². The van der Waals surface area contributed by atoms with Gasteiger partial charge >= 0.3 is 0 Å². The summed E-state index contributed by atoms with van der Waals surface area (Å²) >= 11 is 6.45. The lowest BCUT2D eigenvalue weighted by Gasteiger charge is -2.15. The number of carbonyl (C=O) groups excluding carboxylic acids is 1. The van der Waals surface area contributed by atoms with Gasteiger partial charge in [0.05, 0.1) is 16.6 Å². The Morgan fingerprint density at radius 1 is 1.22 bits per heavy atom. The molecule has 0 radical (unpaired) electrons. The molecule has 1 amide bonds. The van der Waals surface area contributed by atoms with Gasteiger partial charge < -0.3 is 10.4 Å². The molecule has 1 atom stereocenters. The number of benzene rings is 1. The summed E-state index contributed by atoms with van der Waals surface area (Å²) in [5, 5.41) is 13.7. The Kier molecular flexibility index (Phi) is 6.40. The van der Waals surface area contributed by atoms with Crippen LogP contribution in [0.1, 0.15) is 29.7 Å². The highest BCUT2D eigenvalue weighted by Gasteiger charge is 2.31. The van der Waals surface area contributed by atoms with Crippen molar-refractivity contribution in [1.82, 2.24) is 14.3 Å². The van der Waals surface area contributed by atoms with Crippen molar-refractivity contribution < 1.29 is 9.90 Å². The number of nitrogens with one attached hydrogen (secondary N) is 1. The van der Waals surface area contributed by atoms with Crippen LogP contribution in [0.3, 0.4) is 0 Å². The van der Waals surface area contributed by atoms with Crippen molar-refractivity contribution in [3.8, 4) is 0 Å². The minimum Gasteiger partial charge on any atom is -0.387 e. The van der Waals surface area contributed by atoms with E-state index in [1.165, 1.54) is 15.4 Å². The van der Waals surface area contributed by atoms with Crippen LogP contribution in [0.5, 0.6) is 0 Å². The monoisotopic (exact) mass is 466 g/mol. The molecule has 4 rings (SSSR count). The molecule has 1 saturated heterocycles. The fraction of sp³-hybridized carbons (Fsp3) is 0.217. The van der Waals surface area contributed by atoms with Gasteiger partial charge in [-0.15, -0.1) is 0 Å². The van der Waals surface area contributed by atoms with Gasteiger partial charge in [-0.3, -0.25) is 18.9 Å². The van der Waals surface area contributed by atoms with E-state index < -0.39 is 6.10 Å². The molecule has 3 heterocycles. The van der Waals surface area contributed by atoms with Crippen molar-refractivity contribution in [2.75, 3.05) is 18.4 Å². The van der Waals surface area contributed by atoms with Crippen LogP contribution >= 0.6 is 24.0 Å². The summed E-state index contributed by atoms with van der Waals surface area (Å²) in [5.41, 5.74) is 2.02. The smallest absolute Gasteiger partial charge is 0.267 e. The molecule has 32 heavy (non-hydrogen) atoms. The summed E-state index contributed by atoms with van der Waals surface area (Å²) in [6, 6.07) is 12.9. The molecular weight excluding hydrogens is 444 g/mol. The van der Waals surface area contributed by atoms with Crippen LogP contribution in [0.4, 0.5) is 5.82 Å². The van der Waals surface area contributed by atoms with Gasteiger partial charge in [0.25, 0.3) is 11.5 Å². The predicted molar refractivity (Wildman–Crippen MR) is 132 cm³/mol. The van der Waals surface area contributed by atoms with Gasteiger partial charge in [-0.25, -0.2) is 4.98 Å². The zero-order chi connectivity index (χ0) is 22.8. The Morgan fingerprint density at radius 2 is 1.97 bits per heavy atom. The summed E-state index contributed by atoms with van der Waals surface area (Å²) in [7, 11) is 0. The maximum atomic E-state index is 13.4. The van der Waals surface area contributed by atoms with Crippen LogP contribution in [-0.4, -0.2) is 42.7 Å². The number of amides is 1. The number of pyridine rings is 1. The van der Waals surface area contributed by atoms with Gasteiger partial charge in [0.15, 0.2) is 0 Å². The molecule has 0 bridgehead atoms. The van der Waals surface area contributed by atoms with Crippen molar-refractivity contribution in [3.05, 3.63) is 80.6 Å². The highest BCUT2D eigenvalue weighted by Crippen LogP contribution is 2.32.